The van der Waals surface area contributed by atoms with Crippen LogP contribution >= 0.6 is 0 Å². The third-order valence-electron chi connectivity index (χ3n) is 6.31. The quantitative estimate of drug-likeness (QED) is 0.429. The van der Waals surface area contributed by atoms with Crippen molar-refractivity contribution in [2.75, 3.05) is 23.9 Å². The molecule has 1 aliphatic carbocycles. The number of carbonyl (C=O) groups excluding carboxylic acids is 1. The first-order valence-electron chi connectivity index (χ1n) is 11.4. The number of aromatic amines is 1. The van der Waals surface area contributed by atoms with E-state index in [0.717, 1.165) is 44.1 Å². The fourth-order valence-corrected chi connectivity index (χ4v) is 4.52. The number of pyridine rings is 1. The molecule has 0 bridgehead atoms. The van der Waals surface area contributed by atoms with E-state index in [1.54, 1.807) is 6.20 Å². The van der Waals surface area contributed by atoms with E-state index in [2.05, 4.69) is 30.5 Å². The summed E-state index contributed by atoms with van der Waals surface area (Å²) in [6.45, 7) is 0.723. The Balaban J connectivity index is 1.24. The zero-order valence-electron chi connectivity index (χ0n) is 18.9. The van der Waals surface area contributed by atoms with Crippen LogP contribution in [0.3, 0.4) is 0 Å². The van der Waals surface area contributed by atoms with Crippen LogP contribution in [0.4, 0.5) is 20.8 Å². The van der Waals surface area contributed by atoms with Crippen LogP contribution in [0.15, 0.2) is 36.8 Å². The fraction of sp³-hybridized carbons (Fsp3) is 0.348. The smallest absolute Gasteiger partial charge is 0.418 e. The van der Waals surface area contributed by atoms with Gasteiger partial charge in [-0.1, -0.05) is 0 Å². The number of methoxy groups -OCH3 is 1. The van der Waals surface area contributed by atoms with Crippen LogP contribution in [-0.2, 0) is 0 Å². The molecule has 0 aromatic carbocycles. The number of carbonyl (C=O) groups is 1. The van der Waals surface area contributed by atoms with Crippen LogP contribution in [0.1, 0.15) is 48.9 Å². The number of halogens is 1. The topological polar surface area (TPSA) is 123 Å². The normalized spacial score (nSPS) is 17.7. The molecule has 0 unspecified atom stereocenters. The maximum atomic E-state index is 14.0. The minimum absolute atomic E-state index is 0.154. The number of ether oxygens (including phenoxy) is 2. The summed E-state index contributed by atoms with van der Waals surface area (Å²) in [6, 6.07) is 4.94. The van der Waals surface area contributed by atoms with Gasteiger partial charge in [0.25, 0.3) is 0 Å². The average Bonchev–Trinajstić information content (AvgIpc) is 3.24. The molecule has 35 heavy (non-hydrogen) atoms. The molecule has 2 aliphatic rings. The van der Waals surface area contributed by atoms with Crippen LogP contribution < -0.4 is 19.7 Å². The van der Waals surface area contributed by atoms with Gasteiger partial charge < -0.3 is 14.4 Å². The summed E-state index contributed by atoms with van der Waals surface area (Å²) < 4.78 is 26.4. The predicted molar refractivity (Wildman–Crippen MR) is 123 cm³/mol. The molecular formula is C23H23FN8O3. The van der Waals surface area contributed by atoms with Crippen molar-refractivity contribution in [1.82, 2.24) is 29.8 Å². The number of amides is 1. The summed E-state index contributed by atoms with van der Waals surface area (Å²) in [5.41, 5.74) is 2.06. The van der Waals surface area contributed by atoms with Gasteiger partial charge in [-0.2, -0.15) is 10.2 Å². The molecule has 2 N–H and O–H groups in total. The first kappa shape index (κ1) is 21.3. The van der Waals surface area contributed by atoms with E-state index in [0.29, 0.717) is 34.6 Å². The highest BCUT2D eigenvalue weighted by Crippen LogP contribution is 2.40. The molecule has 4 aromatic heterocycles. The molecule has 5 heterocycles. The maximum Gasteiger partial charge on any atom is 0.418 e. The standard InChI is InChI=1S/C23H23FN8O3/c1-34-22-15(9-14(24)11-25-22)17-3-2-7-31(17)20-6-8-32-21(28-20)18(12-26-32)35-23(33)27-19-10-16(29-30-19)13-4-5-13/h6,8-13,17H,2-5,7H2,1H3,(H2,27,29,30,33)/t17-/m1/s1. The Morgan fingerprint density at radius 2 is 2.14 bits per heavy atom. The Labute approximate surface area is 199 Å². The lowest BCUT2D eigenvalue weighted by atomic mass is 10.1. The highest BCUT2D eigenvalue weighted by Gasteiger charge is 2.31. The van der Waals surface area contributed by atoms with E-state index in [9.17, 15) is 9.18 Å². The molecule has 2 fully saturated rings. The molecule has 1 saturated carbocycles. The van der Waals surface area contributed by atoms with Crippen molar-refractivity contribution < 1.29 is 18.7 Å². The van der Waals surface area contributed by atoms with Crippen molar-refractivity contribution in [1.29, 1.82) is 0 Å². The summed E-state index contributed by atoms with van der Waals surface area (Å²) in [4.78, 5) is 23.3. The fourth-order valence-electron chi connectivity index (χ4n) is 4.52. The van der Waals surface area contributed by atoms with Crippen molar-refractivity contribution in [3.8, 4) is 11.6 Å². The number of nitrogens with zero attached hydrogens (tertiary/aromatic N) is 6. The molecule has 1 saturated heterocycles. The monoisotopic (exact) mass is 478 g/mol. The van der Waals surface area contributed by atoms with E-state index in [1.807, 2.05) is 12.1 Å². The lowest BCUT2D eigenvalue weighted by Crippen LogP contribution is -2.24. The second-order valence-corrected chi connectivity index (χ2v) is 8.66. The number of hydrogen-bond donors (Lipinski definition) is 2. The first-order chi connectivity index (χ1) is 17.1. The number of hydrogen-bond acceptors (Lipinski definition) is 8. The second-order valence-electron chi connectivity index (χ2n) is 8.66. The third kappa shape index (κ3) is 4.11. The summed E-state index contributed by atoms with van der Waals surface area (Å²) >= 11 is 0. The molecule has 180 valence electrons. The molecule has 0 radical (unpaired) electrons. The lowest BCUT2D eigenvalue weighted by molar-refractivity contribution is 0.215. The van der Waals surface area contributed by atoms with Gasteiger partial charge in [-0.25, -0.2) is 23.7 Å². The van der Waals surface area contributed by atoms with Crippen LogP contribution in [0.2, 0.25) is 0 Å². The van der Waals surface area contributed by atoms with Gasteiger partial charge in [0.2, 0.25) is 11.5 Å². The van der Waals surface area contributed by atoms with Crippen LogP contribution in [0, 0.1) is 5.82 Å². The number of rotatable bonds is 6. The largest absolute Gasteiger partial charge is 0.481 e. The predicted octanol–water partition coefficient (Wildman–Crippen LogP) is 3.82. The van der Waals surface area contributed by atoms with Gasteiger partial charge in [0.1, 0.15) is 11.6 Å². The van der Waals surface area contributed by atoms with E-state index in [4.69, 9.17) is 14.5 Å². The number of aromatic nitrogens is 6. The van der Waals surface area contributed by atoms with Gasteiger partial charge in [-0.3, -0.25) is 10.4 Å². The Bertz CT molecular complexity index is 1400. The van der Waals surface area contributed by atoms with Gasteiger partial charge in [0, 0.05) is 36.0 Å². The van der Waals surface area contributed by atoms with Gasteiger partial charge in [0.15, 0.2) is 11.6 Å². The first-order valence-corrected chi connectivity index (χ1v) is 11.4. The van der Waals surface area contributed by atoms with E-state index in [1.165, 1.54) is 23.9 Å². The van der Waals surface area contributed by atoms with Crippen molar-refractivity contribution in [3.05, 3.63) is 53.9 Å². The van der Waals surface area contributed by atoms with Gasteiger partial charge in [-0.05, 0) is 37.8 Å². The Kier molecular flexibility index (Phi) is 5.20. The number of anilines is 2. The Morgan fingerprint density at radius 3 is 2.97 bits per heavy atom. The molecule has 12 heteroatoms. The van der Waals surface area contributed by atoms with Crippen LogP contribution in [0.5, 0.6) is 11.6 Å². The summed E-state index contributed by atoms with van der Waals surface area (Å²) in [7, 11) is 1.52. The Hall–Kier alpha value is -4.22. The average molecular weight is 478 g/mol. The number of nitrogens with one attached hydrogen (secondary N) is 2. The molecule has 1 amide bonds. The second kappa shape index (κ2) is 8.53. The highest BCUT2D eigenvalue weighted by atomic mass is 19.1. The number of H-pyrrole nitrogens is 1. The molecule has 1 aliphatic heterocycles. The van der Waals surface area contributed by atoms with Crippen molar-refractivity contribution in [2.45, 2.75) is 37.6 Å². The summed E-state index contributed by atoms with van der Waals surface area (Å²) in [6.07, 6.45) is 7.59. The molecule has 6 rings (SSSR count). The zero-order valence-corrected chi connectivity index (χ0v) is 18.9. The minimum Gasteiger partial charge on any atom is -0.481 e. The van der Waals surface area contributed by atoms with Crippen LogP contribution in [-0.4, -0.2) is 49.5 Å². The van der Waals surface area contributed by atoms with Gasteiger partial charge >= 0.3 is 6.09 Å². The highest BCUT2D eigenvalue weighted by molar-refractivity contribution is 5.86. The van der Waals surface area contributed by atoms with E-state index in [-0.39, 0.29) is 11.8 Å². The molecule has 11 nitrogen and oxygen atoms in total. The maximum absolute atomic E-state index is 14.0. The molecular weight excluding hydrogens is 455 g/mol. The van der Waals surface area contributed by atoms with Crippen molar-refractivity contribution in [2.24, 2.45) is 0 Å². The van der Waals surface area contributed by atoms with Crippen LogP contribution in [0.25, 0.3) is 5.65 Å². The number of fused-ring (bicyclic) bond motifs is 1. The molecule has 0 spiro atoms. The van der Waals surface area contributed by atoms with Crippen molar-refractivity contribution in [3.63, 3.8) is 0 Å². The van der Waals surface area contributed by atoms with Crippen molar-refractivity contribution >= 4 is 23.4 Å². The minimum atomic E-state index is -0.685. The summed E-state index contributed by atoms with van der Waals surface area (Å²) in [5, 5.41) is 13.9. The third-order valence-corrected chi connectivity index (χ3v) is 6.31. The van der Waals surface area contributed by atoms with E-state index >= 15 is 0 Å². The van der Waals surface area contributed by atoms with Gasteiger partial charge in [0.05, 0.1) is 25.5 Å². The van der Waals surface area contributed by atoms with Gasteiger partial charge in [-0.15, -0.1) is 0 Å². The summed E-state index contributed by atoms with van der Waals surface area (Å²) in [5.74, 6) is 1.72. The SMILES string of the molecule is COc1ncc(F)cc1[C@H]1CCCN1c1ccn2ncc(OC(=O)Nc3cc(C4CC4)[nH]n3)c2n1. The lowest BCUT2D eigenvalue weighted by Gasteiger charge is -2.26. The molecule has 4 aromatic rings. The van der Waals surface area contributed by atoms with E-state index < -0.39 is 11.9 Å². The molecule has 1 atom stereocenters. The Morgan fingerprint density at radius 1 is 1.26 bits per heavy atom. The zero-order chi connectivity index (χ0) is 23.9.